The Labute approximate surface area is 160 Å². The molecular weight excluding hydrogens is 366 g/mol. The minimum Gasteiger partial charge on any atom is -0.444 e. The van der Waals surface area contributed by atoms with E-state index in [1.807, 2.05) is 20.8 Å². The highest BCUT2D eigenvalue weighted by Crippen LogP contribution is 2.25. The van der Waals surface area contributed by atoms with Gasteiger partial charge in [-0.3, -0.25) is 4.98 Å². The molecule has 1 aromatic carbocycles. The van der Waals surface area contributed by atoms with Gasteiger partial charge in [-0.15, -0.1) is 0 Å². The molecule has 1 saturated heterocycles. The Bertz CT molecular complexity index is 953. The Morgan fingerprint density at radius 2 is 1.93 bits per heavy atom. The minimum absolute atomic E-state index is 0.233. The molecule has 27 heavy (non-hydrogen) atoms. The van der Waals surface area contributed by atoms with E-state index >= 15 is 0 Å². The summed E-state index contributed by atoms with van der Waals surface area (Å²) in [6.45, 7) is 8.07. The Morgan fingerprint density at radius 3 is 2.59 bits per heavy atom. The maximum Gasteiger partial charge on any atom is 0.410 e. The lowest BCUT2D eigenvalue weighted by Crippen LogP contribution is -2.55. The Balaban J connectivity index is 1.78. The molecule has 8 heteroatoms. The molecule has 1 aromatic heterocycles. The van der Waals surface area contributed by atoms with Crippen LogP contribution in [0.15, 0.2) is 41.6 Å². The summed E-state index contributed by atoms with van der Waals surface area (Å²) in [5.74, 6) is 0. The third kappa shape index (κ3) is 4.22. The highest BCUT2D eigenvalue weighted by atomic mass is 32.2. The summed E-state index contributed by atoms with van der Waals surface area (Å²) >= 11 is 0. The van der Waals surface area contributed by atoms with E-state index in [1.165, 1.54) is 4.31 Å². The van der Waals surface area contributed by atoms with E-state index in [4.69, 9.17) is 4.74 Å². The van der Waals surface area contributed by atoms with Gasteiger partial charge in [-0.05, 0) is 51.3 Å². The molecule has 0 N–H and O–H groups in total. The van der Waals surface area contributed by atoms with Crippen LogP contribution in [0.1, 0.15) is 27.7 Å². The van der Waals surface area contributed by atoms with Crippen molar-refractivity contribution >= 4 is 26.9 Å². The van der Waals surface area contributed by atoms with Crippen molar-refractivity contribution < 1.29 is 17.9 Å². The summed E-state index contributed by atoms with van der Waals surface area (Å²) in [7, 11) is -3.65. The van der Waals surface area contributed by atoms with Crippen LogP contribution in [-0.4, -0.2) is 60.0 Å². The predicted molar refractivity (Wildman–Crippen MR) is 103 cm³/mol. The second-order valence-electron chi connectivity index (χ2n) is 7.78. The number of carbonyl (C=O) groups excluding carboxylic acids is 1. The monoisotopic (exact) mass is 391 g/mol. The Morgan fingerprint density at radius 1 is 1.19 bits per heavy atom. The van der Waals surface area contributed by atoms with Crippen molar-refractivity contribution in [1.29, 1.82) is 0 Å². The van der Waals surface area contributed by atoms with Gasteiger partial charge in [-0.1, -0.05) is 6.07 Å². The first-order chi connectivity index (χ1) is 12.6. The molecule has 0 spiro atoms. The van der Waals surface area contributed by atoms with Gasteiger partial charge in [0.2, 0.25) is 10.0 Å². The summed E-state index contributed by atoms with van der Waals surface area (Å²) in [5, 5.41) is 1.71. The summed E-state index contributed by atoms with van der Waals surface area (Å²) < 4.78 is 33.1. The van der Waals surface area contributed by atoms with Crippen LogP contribution in [0, 0.1) is 0 Å². The molecule has 0 radical (unpaired) electrons. The number of amides is 1. The lowest BCUT2D eigenvalue weighted by Gasteiger charge is -2.39. The van der Waals surface area contributed by atoms with Gasteiger partial charge in [0.25, 0.3) is 0 Å². The van der Waals surface area contributed by atoms with Crippen LogP contribution in [0.2, 0.25) is 0 Å². The molecule has 3 rings (SSSR count). The number of nitrogens with zero attached hydrogens (tertiary/aromatic N) is 3. The Kier molecular flexibility index (Phi) is 5.14. The minimum atomic E-state index is -3.65. The number of ether oxygens (including phenoxy) is 1. The van der Waals surface area contributed by atoms with E-state index in [0.717, 1.165) is 10.8 Å². The average Bonchev–Trinajstić information content (AvgIpc) is 2.59. The van der Waals surface area contributed by atoms with E-state index in [-0.39, 0.29) is 17.5 Å². The van der Waals surface area contributed by atoms with E-state index < -0.39 is 21.7 Å². The van der Waals surface area contributed by atoms with Crippen molar-refractivity contribution in [3.8, 4) is 0 Å². The molecule has 0 bridgehead atoms. The van der Waals surface area contributed by atoms with Crippen molar-refractivity contribution in [1.82, 2.24) is 14.2 Å². The molecule has 2 aromatic rings. The van der Waals surface area contributed by atoms with E-state index in [9.17, 15) is 13.2 Å². The molecule has 146 valence electrons. The second kappa shape index (κ2) is 7.09. The summed E-state index contributed by atoms with van der Waals surface area (Å²) in [6, 6.07) is 6.48. The zero-order valence-corrected chi connectivity index (χ0v) is 16.9. The van der Waals surface area contributed by atoms with Gasteiger partial charge in [0.05, 0.1) is 4.90 Å². The fourth-order valence-corrected chi connectivity index (χ4v) is 4.80. The normalized spacial score (nSPS) is 19.3. The smallest absolute Gasteiger partial charge is 0.410 e. The average molecular weight is 391 g/mol. The number of pyridine rings is 1. The fourth-order valence-electron chi connectivity index (χ4n) is 3.15. The molecule has 1 amide bonds. The van der Waals surface area contributed by atoms with Crippen molar-refractivity contribution in [2.75, 3.05) is 19.6 Å². The molecule has 2 heterocycles. The predicted octanol–water partition coefficient (Wildman–Crippen LogP) is 2.86. The van der Waals surface area contributed by atoms with Gasteiger partial charge in [-0.2, -0.15) is 4.31 Å². The second-order valence-corrected chi connectivity index (χ2v) is 9.67. The number of carbonyl (C=O) groups is 1. The highest BCUT2D eigenvalue weighted by molar-refractivity contribution is 7.89. The molecule has 1 unspecified atom stereocenters. The van der Waals surface area contributed by atoms with Gasteiger partial charge < -0.3 is 9.64 Å². The van der Waals surface area contributed by atoms with Crippen LogP contribution in [-0.2, 0) is 14.8 Å². The molecule has 1 aliphatic heterocycles. The van der Waals surface area contributed by atoms with E-state index in [1.54, 1.807) is 48.5 Å². The van der Waals surface area contributed by atoms with Crippen LogP contribution < -0.4 is 0 Å². The highest BCUT2D eigenvalue weighted by Gasteiger charge is 2.36. The Hall–Kier alpha value is -2.19. The standard InChI is InChI=1S/C19H25N3O4S/c1-14-13-21(18(23)26-19(2,3)4)9-10-22(14)27(24,25)17-6-5-16-12-20-8-7-15(16)11-17/h5-8,11-12,14H,9-10,13H2,1-4H3. The molecule has 0 saturated carbocycles. The zero-order chi connectivity index (χ0) is 19.8. The number of hydrogen-bond donors (Lipinski definition) is 0. The number of benzene rings is 1. The van der Waals surface area contributed by atoms with Crippen molar-refractivity contribution in [2.45, 2.75) is 44.2 Å². The number of sulfonamides is 1. The maximum atomic E-state index is 13.1. The first-order valence-electron chi connectivity index (χ1n) is 8.91. The third-order valence-electron chi connectivity index (χ3n) is 4.44. The topological polar surface area (TPSA) is 79.8 Å². The maximum absolute atomic E-state index is 13.1. The molecule has 1 aliphatic rings. The van der Waals surface area contributed by atoms with Crippen LogP contribution in [0.5, 0.6) is 0 Å². The van der Waals surface area contributed by atoms with Gasteiger partial charge in [0.1, 0.15) is 5.60 Å². The number of hydrogen-bond acceptors (Lipinski definition) is 5. The third-order valence-corrected chi connectivity index (χ3v) is 6.45. The van der Waals surface area contributed by atoms with Gasteiger partial charge in [0.15, 0.2) is 0 Å². The quantitative estimate of drug-likeness (QED) is 0.786. The van der Waals surface area contributed by atoms with Crippen LogP contribution in [0.25, 0.3) is 10.8 Å². The van der Waals surface area contributed by atoms with Crippen LogP contribution >= 0.6 is 0 Å². The van der Waals surface area contributed by atoms with Crippen molar-refractivity contribution in [2.24, 2.45) is 0 Å². The molecule has 1 fully saturated rings. The number of aromatic nitrogens is 1. The SMILES string of the molecule is CC1CN(C(=O)OC(C)(C)C)CCN1S(=O)(=O)c1ccc2cnccc2c1. The molecular formula is C19H25N3O4S. The molecule has 7 nitrogen and oxygen atoms in total. The summed E-state index contributed by atoms with van der Waals surface area (Å²) in [5.41, 5.74) is -0.580. The van der Waals surface area contributed by atoms with Gasteiger partial charge in [-0.25, -0.2) is 13.2 Å². The fraction of sp³-hybridized carbons (Fsp3) is 0.474. The van der Waals surface area contributed by atoms with Crippen LogP contribution in [0.3, 0.4) is 0 Å². The van der Waals surface area contributed by atoms with Crippen LogP contribution in [0.4, 0.5) is 4.79 Å². The number of piperazine rings is 1. The summed E-state index contributed by atoms with van der Waals surface area (Å²) in [4.78, 5) is 18.1. The first kappa shape index (κ1) is 19.6. The van der Waals surface area contributed by atoms with E-state index in [0.29, 0.717) is 13.1 Å². The zero-order valence-electron chi connectivity index (χ0n) is 16.0. The number of rotatable bonds is 2. The lowest BCUT2D eigenvalue weighted by molar-refractivity contribution is 0.0143. The lowest BCUT2D eigenvalue weighted by atomic mass is 10.2. The largest absolute Gasteiger partial charge is 0.444 e. The molecule has 0 aliphatic carbocycles. The summed E-state index contributed by atoms with van der Waals surface area (Å²) in [6.07, 6.45) is 2.93. The van der Waals surface area contributed by atoms with Gasteiger partial charge in [0, 0.05) is 43.5 Å². The number of fused-ring (bicyclic) bond motifs is 1. The van der Waals surface area contributed by atoms with Crippen molar-refractivity contribution in [3.63, 3.8) is 0 Å². The molecule has 1 atom stereocenters. The van der Waals surface area contributed by atoms with E-state index in [2.05, 4.69) is 4.98 Å². The van der Waals surface area contributed by atoms with Crippen molar-refractivity contribution in [3.05, 3.63) is 36.7 Å². The first-order valence-corrected chi connectivity index (χ1v) is 10.4. The van der Waals surface area contributed by atoms with Gasteiger partial charge >= 0.3 is 6.09 Å².